The minimum absolute atomic E-state index is 0.121. The molecule has 4 N–H and O–H groups in total. The standard InChI is InChI=1S/C12H18N2O2/c1-9(15)6-7-14-12(16)11-4-2-10(8-13)3-5-11/h2-5,9,15H,6-8,13H2,1H3,(H,14,16). The lowest BCUT2D eigenvalue weighted by atomic mass is 10.1. The Bertz CT molecular complexity index is 333. The van der Waals surface area contributed by atoms with Crippen molar-refractivity contribution in [3.05, 3.63) is 35.4 Å². The number of carbonyl (C=O) groups is 1. The van der Waals surface area contributed by atoms with Gasteiger partial charge in [-0.1, -0.05) is 12.1 Å². The molecule has 88 valence electrons. The Kier molecular flexibility index (Phi) is 4.95. The molecule has 0 saturated carbocycles. The van der Waals surface area contributed by atoms with E-state index in [2.05, 4.69) is 5.32 Å². The van der Waals surface area contributed by atoms with Crippen LogP contribution in [0.3, 0.4) is 0 Å². The van der Waals surface area contributed by atoms with E-state index in [1.165, 1.54) is 0 Å². The third-order valence-corrected chi connectivity index (χ3v) is 2.30. The van der Waals surface area contributed by atoms with Gasteiger partial charge in [-0.15, -0.1) is 0 Å². The molecule has 1 unspecified atom stereocenters. The number of nitrogens with one attached hydrogen (secondary N) is 1. The summed E-state index contributed by atoms with van der Waals surface area (Å²) in [5, 5.41) is 11.8. The smallest absolute Gasteiger partial charge is 0.251 e. The number of amides is 1. The summed E-state index contributed by atoms with van der Waals surface area (Å²) < 4.78 is 0. The molecule has 0 aliphatic heterocycles. The largest absolute Gasteiger partial charge is 0.393 e. The van der Waals surface area contributed by atoms with E-state index in [1.54, 1.807) is 19.1 Å². The van der Waals surface area contributed by atoms with E-state index >= 15 is 0 Å². The van der Waals surface area contributed by atoms with Crippen molar-refractivity contribution in [3.63, 3.8) is 0 Å². The summed E-state index contributed by atoms with van der Waals surface area (Å²) in [5.74, 6) is -0.121. The van der Waals surface area contributed by atoms with Gasteiger partial charge in [0.15, 0.2) is 0 Å². The van der Waals surface area contributed by atoms with Crippen molar-refractivity contribution in [1.82, 2.24) is 5.32 Å². The van der Waals surface area contributed by atoms with Gasteiger partial charge in [0, 0.05) is 18.7 Å². The zero-order valence-electron chi connectivity index (χ0n) is 9.44. The quantitative estimate of drug-likeness (QED) is 0.684. The van der Waals surface area contributed by atoms with E-state index in [9.17, 15) is 4.79 Å². The van der Waals surface area contributed by atoms with Crippen molar-refractivity contribution in [2.45, 2.75) is 26.0 Å². The second-order valence-corrected chi connectivity index (χ2v) is 3.79. The lowest BCUT2D eigenvalue weighted by Crippen LogP contribution is -2.26. The first-order chi connectivity index (χ1) is 7.63. The summed E-state index contributed by atoms with van der Waals surface area (Å²) in [6, 6.07) is 7.17. The number of aliphatic hydroxyl groups is 1. The summed E-state index contributed by atoms with van der Waals surface area (Å²) in [5.41, 5.74) is 7.08. The van der Waals surface area contributed by atoms with Crippen LogP contribution in [0.5, 0.6) is 0 Å². The molecule has 0 aliphatic rings. The molecule has 1 amide bonds. The number of benzene rings is 1. The van der Waals surface area contributed by atoms with E-state index in [0.717, 1.165) is 5.56 Å². The topological polar surface area (TPSA) is 75.3 Å². The van der Waals surface area contributed by atoms with Crippen LogP contribution in [0.1, 0.15) is 29.3 Å². The molecule has 4 heteroatoms. The molecule has 1 aromatic carbocycles. The first-order valence-electron chi connectivity index (χ1n) is 5.38. The zero-order valence-corrected chi connectivity index (χ0v) is 9.44. The van der Waals surface area contributed by atoms with Gasteiger partial charge in [-0.05, 0) is 31.0 Å². The summed E-state index contributed by atoms with van der Waals surface area (Å²) in [6.45, 7) is 2.65. The number of rotatable bonds is 5. The second kappa shape index (κ2) is 6.25. The van der Waals surface area contributed by atoms with Crippen molar-refractivity contribution in [3.8, 4) is 0 Å². The van der Waals surface area contributed by atoms with Crippen LogP contribution in [0.15, 0.2) is 24.3 Å². The first kappa shape index (κ1) is 12.7. The average molecular weight is 222 g/mol. The van der Waals surface area contributed by atoms with Crippen molar-refractivity contribution >= 4 is 5.91 Å². The molecule has 0 spiro atoms. The molecular formula is C12H18N2O2. The first-order valence-corrected chi connectivity index (χ1v) is 5.38. The highest BCUT2D eigenvalue weighted by Crippen LogP contribution is 2.03. The van der Waals surface area contributed by atoms with Gasteiger partial charge in [0.25, 0.3) is 5.91 Å². The summed E-state index contributed by atoms with van der Waals surface area (Å²) in [6.07, 6.45) is 0.173. The molecule has 0 heterocycles. The van der Waals surface area contributed by atoms with Gasteiger partial charge in [-0.25, -0.2) is 0 Å². The third kappa shape index (κ3) is 4.00. The Morgan fingerprint density at radius 2 is 2.06 bits per heavy atom. The highest BCUT2D eigenvalue weighted by atomic mass is 16.3. The Labute approximate surface area is 95.5 Å². The molecule has 0 saturated heterocycles. The fourth-order valence-corrected chi connectivity index (χ4v) is 1.29. The fourth-order valence-electron chi connectivity index (χ4n) is 1.29. The number of hydrogen-bond acceptors (Lipinski definition) is 3. The molecule has 1 atom stereocenters. The minimum atomic E-state index is -0.389. The monoisotopic (exact) mass is 222 g/mol. The molecular weight excluding hydrogens is 204 g/mol. The van der Waals surface area contributed by atoms with Crippen LogP contribution in [-0.4, -0.2) is 23.7 Å². The average Bonchev–Trinajstić information content (AvgIpc) is 2.28. The van der Waals surface area contributed by atoms with E-state index in [-0.39, 0.29) is 12.0 Å². The maximum atomic E-state index is 11.6. The molecule has 0 fully saturated rings. The highest BCUT2D eigenvalue weighted by molar-refractivity contribution is 5.94. The second-order valence-electron chi connectivity index (χ2n) is 3.79. The summed E-state index contributed by atoms with van der Waals surface area (Å²) in [7, 11) is 0. The van der Waals surface area contributed by atoms with E-state index in [1.807, 2.05) is 12.1 Å². The summed E-state index contributed by atoms with van der Waals surface area (Å²) >= 11 is 0. The third-order valence-electron chi connectivity index (χ3n) is 2.30. The van der Waals surface area contributed by atoms with Gasteiger partial charge in [0.2, 0.25) is 0 Å². The molecule has 0 bridgehead atoms. The molecule has 0 aliphatic carbocycles. The van der Waals surface area contributed by atoms with Gasteiger partial charge in [0.05, 0.1) is 6.10 Å². The molecule has 16 heavy (non-hydrogen) atoms. The maximum Gasteiger partial charge on any atom is 0.251 e. The van der Waals surface area contributed by atoms with Crippen molar-refractivity contribution in [2.75, 3.05) is 6.54 Å². The number of carbonyl (C=O) groups excluding carboxylic acids is 1. The van der Waals surface area contributed by atoms with Crippen molar-refractivity contribution in [2.24, 2.45) is 5.73 Å². The van der Waals surface area contributed by atoms with Crippen LogP contribution >= 0.6 is 0 Å². The van der Waals surface area contributed by atoms with Crippen molar-refractivity contribution < 1.29 is 9.90 Å². The Balaban J connectivity index is 2.46. The van der Waals surface area contributed by atoms with Crippen LogP contribution in [0.4, 0.5) is 0 Å². The van der Waals surface area contributed by atoms with E-state index in [4.69, 9.17) is 10.8 Å². The van der Waals surface area contributed by atoms with Gasteiger partial charge >= 0.3 is 0 Å². The molecule has 0 aromatic heterocycles. The summed E-state index contributed by atoms with van der Waals surface area (Å²) in [4.78, 5) is 11.6. The van der Waals surface area contributed by atoms with Gasteiger partial charge in [-0.3, -0.25) is 4.79 Å². The van der Waals surface area contributed by atoms with Gasteiger partial charge in [0.1, 0.15) is 0 Å². The lowest BCUT2D eigenvalue weighted by Gasteiger charge is -2.07. The normalized spacial score (nSPS) is 12.2. The Morgan fingerprint density at radius 3 is 2.56 bits per heavy atom. The predicted molar refractivity (Wildman–Crippen MR) is 63.0 cm³/mol. The van der Waals surface area contributed by atoms with Gasteiger partial charge < -0.3 is 16.2 Å². The van der Waals surface area contributed by atoms with Crippen LogP contribution in [0, 0.1) is 0 Å². The lowest BCUT2D eigenvalue weighted by molar-refractivity contribution is 0.0945. The van der Waals surface area contributed by atoms with Crippen LogP contribution < -0.4 is 11.1 Å². The Morgan fingerprint density at radius 1 is 1.44 bits per heavy atom. The van der Waals surface area contributed by atoms with Crippen LogP contribution in [-0.2, 0) is 6.54 Å². The van der Waals surface area contributed by atoms with E-state index in [0.29, 0.717) is 25.1 Å². The van der Waals surface area contributed by atoms with Crippen LogP contribution in [0.25, 0.3) is 0 Å². The number of hydrogen-bond donors (Lipinski definition) is 3. The number of nitrogens with two attached hydrogens (primary N) is 1. The zero-order chi connectivity index (χ0) is 12.0. The molecule has 4 nitrogen and oxygen atoms in total. The van der Waals surface area contributed by atoms with Gasteiger partial charge in [-0.2, -0.15) is 0 Å². The molecule has 1 rings (SSSR count). The van der Waals surface area contributed by atoms with E-state index < -0.39 is 0 Å². The minimum Gasteiger partial charge on any atom is -0.393 e. The maximum absolute atomic E-state index is 11.6. The predicted octanol–water partition coefficient (Wildman–Crippen LogP) is 0.646. The SMILES string of the molecule is CC(O)CCNC(=O)c1ccc(CN)cc1. The highest BCUT2D eigenvalue weighted by Gasteiger charge is 2.04. The van der Waals surface area contributed by atoms with Crippen molar-refractivity contribution in [1.29, 1.82) is 0 Å². The van der Waals surface area contributed by atoms with Crippen LogP contribution in [0.2, 0.25) is 0 Å². The number of aliphatic hydroxyl groups excluding tert-OH is 1. The molecule has 0 radical (unpaired) electrons. The fraction of sp³-hybridized carbons (Fsp3) is 0.417. The molecule has 1 aromatic rings. The Hall–Kier alpha value is -1.39.